The highest BCUT2D eigenvalue weighted by atomic mass is 16.5. The van der Waals surface area contributed by atoms with Crippen molar-refractivity contribution in [2.45, 2.75) is 6.42 Å². The summed E-state index contributed by atoms with van der Waals surface area (Å²) >= 11 is 0. The zero-order chi connectivity index (χ0) is 14.5. The van der Waals surface area contributed by atoms with E-state index in [9.17, 15) is 0 Å². The summed E-state index contributed by atoms with van der Waals surface area (Å²) in [5.41, 5.74) is 10.0. The summed E-state index contributed by atoms with van der Waals surface area (Å²) < 4.78 is 5.69. The second-order valence-electron chi connectivity index (χ2n) is 4.91. The molecule has 0 aliphatic heterocycles. The van der Waals surface area contributed by atoms with Gasteiger partial charge in [0.05, 0.1) is 6.26 Å². The predicted molar refractivity (Wildman–Crippen MR) is 86.6 cm³/mol. The molecule has 2 nitrogen and oxygen atoms in total. The first-order valence-corrected chi connectivity index (χ1v) is 6.97. The number of benzene rings is 2. The molecule has 1 aliphatic rings. The Morgan fingerprint density at radius 3 is 2.33 bits per heavy atom. The highest BCUT2D eigenvalue weighted by Crippen LogP contribution is 2.23. The van der Waals surface area contributed by atoms with Gasteiger partial charge in [-0.05, 0) is 35.8 Å². The zero-order valence-corrected chi connectivity index (χ0v) is 11.7. The molecule has 2 aromatic rings. The average molecular weight is 275 g/mol. The summed E-state index contributed by atoms with van der Waals surface area (Å²) in [4.78, 5) is 0. The number of hydrogen-bond acceptors (Lipinski definition) is 2. The van der Waals surface area contributed by atoms with Crippen LogP contribution in [0.1, 0.15) is 6.42 Å². The number of nitrogens with two attached hydrogens (primary N) is 1. The lowest BCUT2D eigenvalue weighted by Gasteiger charge is -2.09. The van der Waals surface area contributed by atoms with E-state index in [1.54, 1.807) is 6.26 Å². The molecule has 0 saturated heterocycles. The molecule has 3 rings (SSSR count). The van der Waals surface area contributed by atoms with Crippen molar-refractivity contribution in [3.05, 3.63) is 90.4 Å². The standard InChI is InChI=1S/C19H17NO/c20-19-9-5-4-8-17(19)14-21-18-12-10-16(11-13-18)15-6-2-1-3-7-15/h1-7,9-14H,8,20H2. The van der Waals surface area contributed by atoms with Crippen LogP contribution in [0, 0.1) is 0 Å². The molecule has 2 N–H and O–H groups in total. The van der Waals surface area contributed by atoms with Crippen molar-refractivity contribution in [3.63, 3.8) is 0 Å². The lowest BCUT2D eigenvalue weighted by Crippen LogP contribution is -2.04. The Labute approximate surface area is 124 Å². The van der Waals surface area contributed by atoms with Crippen LogP contribution in [0.15, 0.2) is 90.4 Å². The van der Waals surface area contributed by atoms with Crippen LogP contribution in [0.3, 0.4) is 0 Å². The molecule has 0 amide bonds. The molecule has 0 bridgehead atoms. The van der Waals surface area contributed by atoms with E-state index >= 15 is 0 Å². The van der Waals surface area contributed by atoms with E-state index in [1.165, 1.54) is 11.1 Å². The minimum Gasteiger partial charge on any atom is -0.465 e. The van der Waals surface area contributed by atoms with E-state index in [0.717, 1.165) is 23.4 Å². The first kappa shape index (κ1) is 13.3. The van der Waals surface area contributed by atoms with Crippen LogP contribution in [-0.4, -0.2) is 0 Å². The van der Waals surface area contributed by atoms with Crippen molar-refractivity contribution in [2.75, 3.05) is 0 Å². The molecule has 2 heteroatoms. The molecule has 0 atom stereocenters. The Balaban J connectivity index is 1.72. The topological polar surface area (TPSA) is 35.2 Å². The zero-order valence-electron chi connectivity index (χ0n) is 11.7. The van der Waals surface area contributed by atoms with E-state index in [2.05, 4.69) is 30.3 Å². The van der Waals surface area contributed by atoms with Crippen LogP contribution in [-0.2, 0) is 0 Å². The molecule has 104 valence electrons. The second-order valence-corrected chi connectivity index (χ2v) is 4.91. The Kier molecular flexibility index (Phi) is 3.88. The lowest BCUT2D eigenvalue weighted by molar-refractivity contribution is 0.475. The summed E-state index contributed by atoms with van der Waals surface area (Å²) in [6.07, 6.45) is 8.44. The fraction of sp³-hybridized carbons (Fsp3) is 0.0526. The minimum absolute atomic E-state index is 0.762. The number of allylic oxidation sites excluding steroid dienone is 4. The van der Waals surface area contributed by atoms with Gasteiger partial charge in [-0.15, -0.1) is 0 Å². The van der Waals surface area contributed by atoms with Crippen molar-refractivity contribution in [1.29, 1.82) is 0 Å². The number of hydrogen-bond donors (Lipinski definition) is 1. The molecular formula is C19H17NO. The van der Waals surface area contributed by atoms with Crippen LogP contribution in [0.4, 0.5) is 0 Å². The van der Waals surface area contributed by atoms with E-state index in [1.807, 2.05) is 42.5 Å². The maximum atomic E-state index is 5.90. The van der Waals surface area contributed by atoms with Crippen molar-refractivity contribution >= 4 is 0 Å². The van der Waals surface area contributed by atoms with Crippen LogP contribution in [0.25, 0.3) is 11.1 Å². The van der Waals surface area contributed by atoms with Gasteiger partial charge < -0.3 is 10.5 Å². The van der Waals surface area contributed by atoms with Crippen molar-refractivity contribution in [1.82, 2.24) is 0 Å². The first-order chi connectivity index (χ1) is 10.3. The van der Waals surface area contributed by atoms with Gasteiger partial charge in [0.2, 0.25) is 0 Å². The van der Waals surface area contributed by atoms with Gasteiger partial charge in [0.25, 0.3) is 0 Å². The summed E-state index contributed by atoms with van der Waals surface area (Å²) in [7, 11) is 0. The predicted octanol–water partition coefficient (Wildman–Crippen LogP) is 4.42. The van der Waals surface area contributed by atoms with E-state index < -0.39 is 0 Å². The highest BCUT2D eigenvalue weighted by molar-refractivity contribution is 5.63. The highest BCUT2D eigenvalue weighted by Gasteiger charge is 2.03. The Hall–Kier alpha value is -2.74. The van der Waals surface area contributed by atoms with Crippen LogP contribution >= 0.6 is 0 Å². The molecule has 21 heavy (non-hydrogen) atoms. The monoisotopic (exact) mass is 275 g/mol. The molecule has 2 aromatic carbocycles. The summed E-state index contributed by atoms with van der Waals surface area (Å²) in [6.45, 7) is 0. The Morgan fingerprint density at radius 1 is 0.905 bits per heavy atom. The van der Waals surface area contributed by atoms with E-state index in [4.69, 9.17) is 10.5 Å². The molecule has 0 radical (unpaired) electrons. The van der Waals surface area contributed by atoms with Gasteiger partial charge in [0.1, 0.15) is 5.75 Å². The third-order valence-electron chi connectivity index (χ3n) is 3.42. The Bertz CT molecular complexity index is 694. The first-order valence-electron chi connectivity index (χ1n) is 6.97. The van der Waals surface area contributed by atoms with Gasteiger partial charge in [0, 0.05) is 11.3 Å². The van der Waals surface area contributed by atoms with Crippen molar-refractivity contribution in [2.24, 2.45) is 5.73 Å². The van der Waals surface area contributed by atoms with Crippen LogP contribution in [0.5, 0.6) is 5.75 Å². The average Bonchev–Trinajstić information content (AvgIpc) is 2.55. The molecule has 0 spiro atoms. The van der Waals surface area contributed by atoms with Gasteiger partial charge in [-0.3, -0.25) is 0 Å². The van der Waals surface area contributed by atoms with Crippen molar-refractivity contribution in [3.8, 4) is 16.9 Å². The lowest BCUT2D eigenvalue weighted by atomic mass is 10.1. The van der Waals surface area contributed by atoms with E-state index in [0.29, 0.717) is 0 Å². The molecule has 0 heterocycles. The molecular weight excluding hydrogens is 258 g/mol. The largest absolute Gasteiger partial charge is 0.465 e. The smallest absolute Gasteiger partial charge is 0.126 e. The molecule has 0 fully saturated rings. The van der Waals surface area contributed by atoms with Crippen molar-refractivity contribution < 1.29 is 4.74 Å². The van der Waals surface area contributed by atoms with Gasteiger partial charge in [0.15, 0.2) is 0 Å². The molecule has 0 saturated carbocycles. The maximum absolute atomic E-state index is 5.90. The SMILES string of the molecule is NC1=CC=CCC1=COc1ccc(-c2ccccc2)cc1. The molecule has 0 unspecified atom stereocenters. The Morgan fingerprint density at radius 2 is 1.62 bits per heavy atom. The minimum atomic E-state index is 0.762. The van der Waals surface area contributed by atoms with E-state index in [-0.39, 0.29) is 0 Å². The van der Waals surface area contributed by atoms with Gasteiger partial charge in [-0.2, -0.15) is 0 Å². The van der Waals surface area contributed by atoms with Crippen LogP contribution in [0.2, 0.25) is 0 Å². The maximum Gasteiger partial charge on any atom is 0.126 e. The summed E-state index contributed by atoms with van der Waals surface area (Å²) in [5, 5.41) is 0. The third kappa shape index (κ3) is 3.23. The fourth-order valence-electron chi connectivity index (χ4n) is 2.20. The summed E-state index contributed by atoms with van der Waals surface area (Å²) in [5.74, 6) is 0.810. The summed E-state index contributed by atoms with van der Waals surface area (Å²) in [6, 6.07) is 18.3. The molecule has 0 aromatic heterocycles. The van der Waals surface area contributed by atoms with Gasteiger partial charge in [-0.1, -0.05) is 54.6 Å². The quantitative estimate of drug-likeness (QED) is 0.842. The molecule has 1 aliphatic carbocycles. The normalized spacial score (nSPS) is 15.8. The van der Waals surface area contributed by atoms with Gasteiger partial charge >= 0.3 is 0 Å². The fourth-order valence-corrected chi connectivity index (χ4v) is 2.20. The van der Waals surface area contributed by atoms with Gasteiger partial charge in [-0.25, -0.2) is 0 Å². The van der Waals surface area contributed by atoms with Crippen LogP contribution < -0.4 is 10.5 Å². The second kappa shape index (κ2) is 6.14. The third-order valence-corrected chi connectivity index (χ3v) is 3.42. The number of ether oxygens (including phenoxy) is 1. The number of rotatable bonds is 3.